The minimum absolute atomic E-state index is 0.314. The summed E-state index contributed by atoms with van der Waals surface area (Å²) < 4.78 is 5.17. The first-order chi connectivity index (χ1) is 7.26. The van der Waals surface area contributed by atoms with E-state index in [-0.39, 0.29) is 0 Å². The van der Waals surface area contributed by atoms with Gasteiger partial charge >= 0.3 is 0 Å². The third kappa shape index (κ3) is 1.69. The van der Waals surface area contributed by atoms with Crippen molar-refractivity contribution in [2.45, 2.75) is 19.8 Å². The second kappa shape index (κ2) is 3.93. The number of nitrogens with zero attached hydrogens (tertiary/aromatic N) is 1. The van der Waals surface area contributed by atoms with Gasteiger partial charge in [-0.15, -0.1) is 0 Å². The molecule has 3 nitrogen and oxygen atoms in total. The van der Waals surface area contributed by atoms with Crippen LogP contribution in [-0.4, -0.2) is 18.0 Å². The molecule has 0 saturated carbocycles. The maximum Gasteiger partial charge on any atom is 0.119 e. The average molecular weight is 205 g/mol. The number of methoxy groups -OCH3 is 1. The van der Waals surface area contributed by atoms with Crippen LogP contribution >= 0.6 is 0 Å². The Morgan fingerprint density at radius 2 is 2.27 bits per heavy atom. The Labute approximate surface area is 89.4 Å². The van der Waals surface area contributed by atoms with Crippen molar-refractivity contribution in [3.8, 4) is 5.75 Å². The van der Waals surface area contributed by atoms with Gasteiger partial charge < -0.3 is 9.94 Å². The highest BCUT2D eigenvalue weighted by Gasteiger charge is 2.22. The van der Waals surface area contributed by atoms with Gasteiger partial charge in [-0.05, 0) is 30.5 Å². The van der Waals surface area contributed by atoms with Crippen LogP contribution < -0.4 is 4.74 Å². The van der Waals surface area contributed by atoms with Crippen LogP contribution in [0.15, 0.2) is 23.4 Å². The lowest BCUT2D eigenvalue weighted by molar-refractivity contribution is 0.314. The van der Waals surface area contributed by atoms with E-state index in [0.717, 1.165) is 29.9 Å². The lowest BCUT2D eigenvalue weighted by Crippen LogP contribution is -2.21. The Kier molecular flexibility index (Phi) is 2.62. The molecule has 0 saturated heterocycles. The zero-order valence-electron chi connectivity index (χ0n) is 9.03. The van der Waals surface area contributed by atoms with Crippen LogP contribution in [0.1, 0.15) is 24.5 Å². The highest BCUT2D eigenvalue weighted by molar-refractivity contribution is 6.04. The molecule has 0 fully saturated rings. The lowest BCUT2D eigenvalue weighted by atomic mass is 9.83. The van der Waals surface area contributed by atoms with Gasteiger partial charge in [0.15, 0.2) is 0 Å². The number of rotatable bonds is 1. The highest BCUT2D eigenvalue weighted by atomic mass is 16.5. The van der Waals surface area contributed by atoms with Crippen molar-refractivity contribution in [3.05, 3.63) is 29.3 Å². The largest absolute Gasteiger partial charge is 0.497 e. The summed E-state index contributed by atoms with van der Waals surface area (Å²) in [6.07, 6.45) is 2.08. The SMILES string of the molecule is COc1ccc2c(c1)C(=NO)[C@@H](C)CC2. The number of ether oxygens (including phenoxy) is 1. The Hall–Kier alpha value is -1.51. The molecule has 0 amide bonds. The lowest BCUT2D eigenvalue weighted by Gasteiger charge is -2.22. The van der Waals surface area contributed by atoms with Crippen molar-refractivity contribution in [1.29, 1.82) is 0 Å². The number of fused-ring (bicyclic) bond motifs is 1. The van der Waals surface area contributed by atoms with E-state index >= 15 is 0 Å². The van der Waals surface area contributed by atoms with E-state index in [2.05, 4.69) is 12.1 Å². The maximum absolute atomic E-state index is 9.02. The molecule has 0 heterocycles. The first kappa shape index (κ1) is 10.0. The fourth-order valence-electron chi connectivity index (χ4n) is 2.07. The van der Waals surface area contributed by atoms with Gasteiger partial charge in [0, 0.05) is 11.5 Å². The topological polar surface area (TPSA) is 41.8 Å². The Morgan fingerprint density at radius 1 is 1.47 bits per heavy atom. The maximum atomic E-state index is 9.02. The molecule has 2 rings (SSSR count). The van der Waals surface area contributed by atoms with Crippen LogP contribution in [0.25, 0.3) is 0 Å². The Bertz CT molecular complexity index is 399. The number of hydrogen-bond donors (Lipinski definition) is 1. The first-order valence-corrected chi connectivity index (χ1v) is 5.15. The fourth-order valence-corrected chi connectivity index (χ4v) is 2.07. The monoisotopic (exact) mass is 205 g/mol. The molecule has 80 valence electrons. The van der Waals surface area contributed by atoms with Gasteiger partial charge in [-0.25, -0.2) is 0 Å². The molecule has 1 aliphatic carbocycles. The molecule has 15 heavy (non-hydrogen) atoms. The van der Waals surface area contributed by atoms with Crippen molar-refractivity contribution in [3.63, 3.8) is 0 Å². The third-order valence-corrected chi connectivity index (χ3v) is 3.01. The molecule has 1 aromatic rings. The van der Waals surface area contributed by atoms with Gasteiger partial charge in [-0.2, -0.15) is 0 Å². The summed E-state index contributed by atoms with van der Waals surface area (Å²) in [7, 11) is 1.64. The van der Waals surface area contributed by atoms with Crippen LogP contribution in [-0.2, 0) is 6.42 Å². The molecule has 0 spiro atoms. The van der Waals surface area contributed by atoms with Crippen LogP contribution in [0.5, 0.6) is 5.75 Å². The fraction of sp³-hybridized carbons (Fsp3) is 0.417. The Morgan fingerprint density at radius 3 is 2.93 bits per heavy atom. The molecule has 0 radical (unpaired) electrons. The predicted octanol–water partition coefficient (Wildman–Crippen LogP) is 2.46. The van der Waals surface area contributed by atoms with E-state index in [1.807, 2.05) is 18.2 Å². The molecule has 1 aliphatic rings. The van der Waals surface area contributed by atoms with Gasteiger partial charge in [0.1, 0.15) is 5.75 Å². The van der Waals surface area contributed by atoms with Crippen LogP contribution in [0.3, 0.4) is 0 Å². The summed E-state index contributed by atoms with van der Waals surface area (Å²) in [6, 6.07) is 5.94. The highest BCUT2D eigenvalue weighted by Crippen LogP contribution is 2.28. The minimum atomic E-state index is 0.314. The van der Waals surface area contributed by atoms with Crippen LogP contribution in [0, 0.1) is 5.92 Å². The predicted molar refractivity (Wildman–Crippen MR) is 58.8 cm³/mol. The first-order valence-electron chi connectivity index (χ1n) is 5.15. The standard InChI is InChI=1S/C12H15NO2/c1-8-3-4-9-5-6-10(15-2)7-11(9)12(8)13-14/h5-8,14H,3-4H2,1-2H3/t8-/m0/s1. The van der Waals surface area contributed by atoms with Crippen molar-refractivity contribution in [1.82, 2.24) is 0 Å². The van der Waals surface area contributed by atoms with Crippen molar-refractivity contribution in [2.75, 3.05) is 7.11 Å². The molecular weight excluding hydrogens is 190 g/mol. The van der Waals surface area contributed by atoms with E-state index in [9.17, 15) is 0 Å². The van der Waals surface area contributed by atoms with Gasteiger partial charge in [0.25, 0.3) is 0 Å². The molecule has 3 heteroatoms. The van der Waals surface area contributed by atoms with Crippen LogP contribution in [0.4, 0.5) is 0 Å². The summed E-state index contributed by atoms with van der Waals surface area (Å²) >= 11 is 0. The number of aryl methyl sites for hydroxylation is 1. The Balaban J connectivity index is 2.50. The van der Waals surface area contributed by atoms with E-state index in [0.29, 0.717) is 5.92 Å². The van der Waals surface area contributed by atoms with Crippen LogP contribution in [0.2, 0.25) is 0 Å². The molecule has 1 N–H and O–H groups in total. The van der Waals surface area contributed by atoms with E-state index in [4.69, 9.17) is 9.94 Å². The third-order valence-electron chi connectivity index (χ3n) is 3.01. The number of benzene rings is 1. The zero-order valence-corrected chi connectivity index (χ0v) is 9.03. The summed E-state index contributed by atoms with van der Waals surface area (Å²) in [4.78, 5) is 0. The van der Waals surface area contributed by atoms with E-state index < -0.39 is 0 Å². The normalized spacial score (nSPS) is 22.5. The number of hydrogen-bond acceptors (Lipinski definition) is 3. The van der Waals surface area contributed by atoms with Crippen molar-refractivity contribution >= 4 is 5.71 Å². The van der Waals surface area contributed by atoms with Gasteiger partial charge in [-0.1, -0.05) is 18.1 Å². The van der Waals surface area contributed by atoms with Crippen molar-refractivity contribution in [2.24, 2.45) is 11.1 Å². The quantitative estimate of drug-likeness (QED) is 0.565. The summed E-state index contributed by atoms with van der Waals surface area (Å²) in [5.74, 6) is 1.12. The van der Waals surface area contributed by atoms with E-state index in [1.54, 1.807) is 7.11 Å². The second-order valence-corrected chi connectivity index (χ2v) is 3.95. The second-order valence-electron chi connectivity index (χ2n) is 3.95. The molecule has 0 aromatic heterocycles. The van der Waals surface area contributed by atoms with Gasteiger partial charge in [0.05, 0.1) is 12.8 Å². The van der Waals surface area contributed by atoms with Gasteiger partial charge in [-0.3, -0.25) is 0 Å². The minimum Gasteiger partial charge on any atom is -0.497 e. The summed E-state index contributed by atoms with van der Waals surface area (Å²) in [5.41, 5.74) is 3.03. The zero-order chi connectivity index (χ0) is 10.8. The summed E-state index contributed by atoms with van der Waals surface area (Å²) in [5, 5.41) is 12.4. The van der Waals surface area contributed by atoms with Crippen molar-refractivity contribution < 1.29 is 9.94 Å². The number of oxime groups is 1. The molecule has 0 bridgehead atoms. The molecule has 1 atom stereocenters. The molecular formula is C12H15NO2. The molecule has 1 aromatic carbocycles. The van der Waals surface area contributed by atoms with Gasteiger partial charge in [0.2, 0.25) is 0 Å². The van der Waals surface area contributed by atoms with E-state index in [1.165, 1.54) is 5.56 Å². The molecule has 0 aliphatic heterocycles. The molecule has 0 unspecified atom stereocenters. The smallest absolute Gasteiger partial charge is 0.119 e. The summed E-state index contributed by atoms with van der Waals surface area (Å²) in [6.45, 7) is 2.08. The average Bonchev–Trinajstić information content (AvgIpc) is 2.28.